The molecule has 0 unspecified atom stereocenters. The van der Waals surface area contributed by atoms with E-state index in [4.69, 9.17) is 0 Å². The second-order valence-electron chi connectivity index (χ2n) is 3.83. The number of hydrogen-bond acceptors (Lipinski definition) is 2. The molecule has 1 aromatic rings. The van der Waals surface area contributed by atoms with Crippen LogP contribution in [0.4, 0.5) is 0 Å². The minimum absolute atomic E-state index is 0.627. The molecule has 1 heterocycles. The lowest BCUT2D eigenvalue weighted by Gasteiger charge is -2.32. The molecule has 0 atom stereocenters. The second-order valence-corrected chi connectivity index (χ2v) is 3.83. The summed E-state index contributed by atoms with van der Waals surface area (Å²) >= 11 is 0. The van der Waals surface area contributed by atoms with E-state index in [1.54, 1.807) is 6.33 Å². The van der Waals surface area contributed by atoms with E-state index in [0.717, 1.165) is 18.4 Å². The molecule has 0 aromatic carbocycles. The van der Waals surface area contributed by atoms with Crippen molar-refractivity contribution in [2.45, 2.75) is 26.3 Å². The van der Waals surface area contributed by atoms with Crippen LogP contribution in [0.15, 0.2) is 6.33 Å². The SMILES string of the molecule is [CH2]c1ncn(CC2CC(C)C2)n1. The van der Waals surface area contributed by atoms with Gasteiger partial charge in [0.25, 0.3) is 0 Å². The van der Waals surface area contributed by atoms with Gasteiger partial charge in [0.2, 0.25) is 0 Å². The van der Waals surface area contributed by atoms with Crippen LogP contribution in [0.3, 0.4) is 0 Å². The molecule has 1 aromatic heterocycles. The van der Waals surface area contributed by atoms with Crippen LogP contribution in [0.5, 0.6) is 0 Å². The van der Waals surface area contributed by atoms with Crippen molar-refractivity contribution in [3.8, 4) is 0 Å². The second kappa shape index (κ2) is 2.88. The van der Waals surface area contributed by atoms with E-state index in [-0.39, 0.29) is 0 Å². The summed E-state index contributed by atoms with van der Waals surface area (Å²) in [6.07, 6.45) is 4.45. The Morgan fingerprint density at radius 2 is 2.42 bits per heavy atom. The average molecular weight is 164 g/mol. The maximum Gasteiger partial charge on any atom is 0.151 e. The number of hydrogen-bond donors (Lipinski definition) is 0. The highest BCUT2D eigenvalue weighted by Gasteiger charge is 2.25. The van der Waals surface area contributed by atoms with Gasteiger partial charge in [-0.05, 0) is 24.7 Å². The van der Waals surface area contributed by atoms with Gasteiger partial charge < -0.3 is 0 Å². The quantitative estimate of drug-likeness (QED) is 0.663. The molecule has 0 bridgehead atoms. The van der Waals surface area contributed by atoms with Gasteiger partial charge >= 0.3 is 0 Å². The van der Waals surface area contributed by atoms with Gasteiger partial charge in [-0.1, -0.05) is 6.92 Å². The normalized spacial score (nSPS) is 28.5. The number of aromatic nitrogens is 3. The lowest BCUT2D eigenvalue weighted by Crippen LogP contribution is -2.25. The zero-order chi connectivity index (χ0) is 8.55. The number of rotatable bonds is 2. The Morgan fingerprint density at radius 3 is 2.92 bits per heavy atom. The Hall–Kier alpha value is -0.860. The van der Waals surface area contributed by atoms with Crippen LogP contribution >= 0.6 is 0 Å². The maximum absolute atomic E-state index is 4.15. The first-order valence-electron chi connectivity index (χ1n) is 4.45. The first-order chi connectivity index (χ1) is 5.74. The van der Waals surface area contributed by atoms with Crippen molar-refractivity contribution in [1.29, 1.82) is 0 Å². The zero-order valence-electron chi connectivity index (χ0n) is 7.40. The summed E-state index contributed by atoms with van der Waals surface area (Å²) in [5, 5.41) is 4.15. The molecule has 0 aliphatic heterocycles. The molecule has 1 radical (unpaired) electrons. The maximum atomic E-state index is 4.15. The lowest BCUT2D eigenvalue weighted by molar-refractivity contribution is 0.181. The minimum Gasteiger partial charge on any atom is -0.252 e. The molecule has 1 aliphatic rings. The fraction of sp³-hybridized carbons (Fsp3) is 0.667. The third kappa shape index (κ3) is 1.49. The molecule has 2 rings (SSSR count). The Bertz CT molecular complexity index is 260. The largest absolute Gasteiger partial charge is 0.252 e. The topological polar surface area (TPSA) is 30.7 Å². The molecule has 0 spiro atoms. The van der Waals surface area contributed by atoms with Crippen molar-refractivity contribution < 1.29 is 0 Å². The van der Waals surface area contributed by atoms with Crippen LogP contribution < -0.4 is 0 Å². The fourth-order valence-corrected chi connectivity index (χ4v) is 1.90. The van der Waals surface area contributed by atoms with Gasteiger partial charge in [0, 0.05) is 13.5 Å². The predicted molar refractivity (Wildman–Crippen MR) is 46.4 cm³/mol. The molecule has 3 nitrogen and oxygen atoms in total. The molecule has 1 aliphatic carbocycles. The Balaban J connectivity index is 1.88. The summed E-state index contributed by atoms with van der Waals surface area (Å²) in [4.78, 5) is 3.99. The molecule has 1 saturated carbocycles. The van der Waals surface area contributed by atoms with Gasteiger partial charge in [-0.3, -0.25) is 4.68 Å². The molecule has 3 heteroatoms. The summed E-state index contributed by atoms with van der Waals surface area (Å²) in [6, 6.07) is 0. The Kier molecular flexibility index (Phi) is 1.87. The molecule has 65 valence electrons. The van der Waals surface area contributed by atoms with Crippen LogP contribution in [0.25, 0.3) is 0 Å². The van der Waals surface area contributed by atoms with Crippen LogP contribution in [0, 0.1) is 18.8 Å². The highest BCUT2D eigenvalue weighted by Crippen LogP contribution is 2.33. The average Bonchev–Trinajstić information content (AvgIpc) is 2.33. The van der Waals surface area contributed by atoms with Crippen molar-refractivity contribution in [2.75, 3.05) is 0 Å². The molecule has 1 fully saturated rings. The monoisotopic (exact) mass is 164 g/mol. The standard InChI is InChI=1S/C9H14N3/c1-7-3-9(4-7)5-12-6-10-8(2)11-12/h6-7,9H,2-5H2,1H3. The lowest BCUT2D eigenvalue weighted by atomic mass is 9.76. The van der Waals surface area contributed by atoms with Crippen molar-refractivity contribution in [1.82, 2.24) is 14.8 Å². The van der Waals surface area contributed by atoms with Crippen LogP contribution in [0.1, 0.15) is 25.6 Å². The van der Waals surface area contributed by atoms with Crippen molar-refractivity contribution in [3.63, 3.8) is 0 Å². The van der Waals surface area contributed by atoms with E-state index in [0.29, 0.717) is 5.82 Å². The van der Waals surface area contributed by atoms with Gasteiger partial charge in [-0.25, -0.2) is 4.98 Å². The van der Waals surface area contributed by atoms with Crippen molar-refractivity contribution in [3.05, 3.63) is 19.1 Å². The van der Waals surface area contributed by atoms with E-state index >= 15 is 0 Å². The first kappa shape index (κ1) is 7.77. The van der Waals surface area contributed by atoms with E-state index in [1.807, 2.05) is 4.68 Å². The van der Waals surface area contributed by atoms with Crippen LogP contribution in [0.2, 0.25) is 0 Å². The highest BCUT2D eigenvalue weighted by atomic mass is 15.3. The summed E-state index contributed by atoms with van der Waals surface area (Å²) in [5.41, 5.74) is 0. The first-order valence-corrected chi connectivity index (χ1v) is 4.45. The van der Waals surface area contributed by atoms with Gasteiger partial charge in [0.1, 0.15) is 6.33 Å². The van der Waals surface area contributed by atoms with Crippen molar-refractivity contribution >= 4 is 0 Å². The molecule has 0 amide bonds. The van der Waals surface area contributed by atoms with Gasteiger partial charge in [-0.2, -0.15) is 5.10 Å². The number of nitrogens with zero attached hydrogens (tertiary/aromatic N) is 3. The summed E-state index contributed by atoms with van der Waals surface area (Å²) in [5.74, 6) is 2.36. The summed E-state index contributed by atoms with van der Waals surface area (Å²) in [6.45, 7) is 6.98. The van der Waals surface area contributed by atoms with Gasteiger partial charge in [0.15, 0.2) is 5.82 Å². The van der Waals surface area contributed by atoms with Crippen LogP contribution in [-0.4, -0.2) is 14.8 Å². The summed E-state index contributed by atoms with van der Waals surface area (Å²) < 4.78 is 1.90. The third-order valence-corrected chi connectivity index (χ3v) is 2.50. The molecule has 0 N–H and O–H groups in total. The van der Waals surface area contributed by atoms with E-state index in [2.05, 4.69) is 23.9 Å². The summed E-state index contributed by atoms with van der Waals surface area (Å²) in [7, 11) is 0. The molecular weight excluding hydrogens is 150 g/mol. The zero-order valence-corrected chi connectivity index (χ0v) is 7.40. The Morgan fingerprint density at radius 1 is 1.67 bits per heavy atom. The third-order valence-electron chi connectivity index (χ3n) is 2.50. The van der Waals surface area contributed by atoms with Crippen molar-refractivity contribution in [2.24, 2.45) is 11.8 Å². The fourth-order valence-electron chi connectivity index (χ4n) is 1.90. The highest BCUT2D eigenvalue weighted by molar-refractivity contribution is 4.85. The van der Waals surface area contributed by atoms with E-state index in [9.17, 15) is 0 Å². The van der Waals surface area contributed by atoms with Gasteiger partial charge in [0.05, 0.1) is 0 Å². The molecule has 12 heavy (non-hydrogen) atoms. The molecular formula is C9H14N3. The molecule has 0 saturated heterocycles. The van der Waals surface area contributed by atoms with E-state index in [1.165, 1.54) is 12.8 Å². The van der Waals surface area contributed by atoms with E-state index < -0.39 is 0 Å². The van der Waals surface area contributed by atoms with Gasteiger partial charge in [-0.15, -0.1) is 0 Å². The Labute approximate surface area is 72.8 Å². The minimum atomic E-state index is 0.627. The van der Waals surface area contributed by atoms with Crippen LogP contribution in [-0.2, 0) is 6.54 Å². The predicted octanol–water partition coefficient (Wildman–Crippen LogP) is 1.51. The smallest absolute Gasteiger partial charge is 0.151 e.